The van der Waals surface area contributed by atoms with Crippen molar-refractivity contribution in [3.05, 3.63) is 47.1 Å². The van der Waals surface area contributed by atoms with E-state index in [2.05, 4.69) is 15.1 Å². The van der Waals surface area contributed by atoms with Crippen LogP contribution in [0.5, 0.6) is 0 Å². The minimum Gasteiger partial charge on any atom is -0.398 e. The van der Waals surface area contributed by atoms with Crippen molar-refractivity contribution in [1.29, 1.82) is 0 Å². The fraction of sp³-hybridized carbons (Fsp3) is 0.0714. The standard InChI is InChI=1S/C14H11ClN4O/c1-8-4-5-9(7-11(8)16)14-18-13(19-20-14)12-10(15)3-2-6-17-12/h2-7H,16H2,1H3. The third-order valence-electron chi connectivity index (χ3n) is 2.92. The molecule has 3 aromatic rings. The molecule has 0 saturated heterocycles. The minimum absolute atomic E-state index is 0.352. The highest BCUT2D eigenvalue weighted by Gasteiger charge is 2.14. The number of nitrogens with zero attached hydrogens (tertiary/aromatic N) is 3. The van der Waals surface area contributed by atoms with E-state index in [0.717, 1.165) is 11.1 Å². The molecule has 0 amide bonds. The number of hydrogen-bond acceptors (Lipinski definition) is 5. The molecule has 0 aliphatic rings. The molecule has 0 unspecified atom stereocenters. The van der Waals surface area contributed by atoms with Gasteiger partial charge in [-0.2, -0.15) is 4.98 Å². The van der Waals surface area contributed by atoms with Crippen molar-refractivity contribution < 1.29 is 4.52 Å². The van der Waals surface area contributed by atoms with Crippen LogP contribution in [0.25, 0.3) is 23.0 Å². The third-order valence-corrected chi connectivity index (χ3v) is 3.23. The van der Waals surface area contributed by atoms with E-state index in [1.165, 1.54) is 0 Å². The van der Waals surface area contributed by atoms with Crippen LogP contribution in [-0.2, 0) is 0 Å². The van der Waals surface area contributed by atoms with E-state index in [4.69, 9.17) is 21.9 Å². The van der Waals surface area contributed by atoms with Crippen LogP contribution in [0.3, 0.4) is 0 Å². The van der Waals surface area contributed by atoms with Gasteiger partial charge in [-0.3, -0.25) is 4.98 Å². The smallest absolute Gasteiger partial charge is 0.258 e. The van der Waals surface area contributed by atoms with Gasteiger partial charge in [0.15, 0.2) is 0 Å². The van der Waals surface area contributed by atoms with Gasteiger partial charge in [0.2, 0.25) is 5.82 Å². The minimum atomic E-state index is 0.352. The summed E-state index contributed by atoms with van der Waals surface area (Å²) in [5.74, 6) is 0.734. The molecule has 0 bridgehead atoms. The summed E-state index contributed by atoms with van der Waals surface area (Å²) >= 11 is 6.06. The van der Waals surface area contributed by atoms with Crippen molar-refractivity contribution in [2.75, 3.05) is 5.73 Å². The number of halogens is 1. The molecule has 2 heterocycles. The summed E-state index contributed by atoms with van der Waals surface area (Å²) in [6.45, 7) is 1.94. The van der Waals surface area contributed by atoms with E-state index in [1.54, 1.807) is 24.4 Å². The fourth-order valence-corrected chi connectivity index (χ4v) is 1.97. The van der Waals surface area contributed by atoms with Crippen LogP contribution in [0, 0.1) is 6.92 Å². The second-order valence-corrected chi connectivity index (χ2v) is 4.74. The van der Waals surface area contributed by atoms with E-state index < -0.39 is 0 Å². The van der Waals surface area contributed by atoms with Crippen molar-refractivity contribution in [1.82, 2.24) is 15.1 Å². The molecule has 20 heavy (non-hydrogen) atoms. The molecule has 1 aromatic carbocycles. The number of nitrogens with two attached hydrogens (primary N) is 1. The van der Waals surface area contributed by atoms with Gasteiger partial charge >= 0.3 is 0 Å². The third kappa shape index (κ3) is 2.23. The van der Waals surface area contributed by atoms with Crippen molar-refractivity contribution >= 4 is 17.3 Å². The van der Waals surface area contributed by atoms with Gasteiger partial charge in [0, 0.05) is 17.4 Å². The van der Waals surface area contributed by atoms with Crippen LogP contribution in [0.1, 0.15) is 5.56 Å². The number of aromatic nitrogens is 3. The molecule has 100 valence electrons. The first-order valence-corrected chi connectivity index (χ1v) is 6.34. The van der Waals surface area contributed by atoms with Gasteiger partial charge in [0.05, 0.1) is 5.02 Å². The lowest BCUT2D eigenvalue weighted by atomic mass is 10.1. The highest BCUT2D eigenvalue weighted by molar-refractivity contribution is 6.32. The Hall–Kier alpha value is -2.40. The summed E-state index contributed by atoms with van der Waals surface area (Å²) in [4.78, 5) is 8.45. The molecular weight excluding hydrogens is 276 g/mol. The molecule has 0 fully saturated rings. The highest BCUT2D eigenvalue weighted by Crippen LogP contribution is 2.27. The van der Waals surface area contributed by atoms with Gasteiger partial charge in [-0.15, -0.1) is 0 Å². The average Bonchev–Trinajstić information content (AvgIpc) is 2.92. The van der Waals surface area contributed by atoms with Crippen molar-refractivity contribution in [2.24, 2.45) is 0 Å². The molecule has 3 rings (SSSR count). The lowest BCUT2D eigenvalue weighted by molar-refractivity contribution is 0.432. The molecule has 5 nitrogen and oxygen atoms in total. The van der Waals surface area contributed by atoms with Gasteiger partial charge in [0.1, 0.15) is 5.69 Å². The summed E-state index contributed by atoms with van der Waals surface area (Å²) in [5, 5.41) is 4.38. The zero-order chi connectivity index (χ0) is 14.1. The zero-order valence-electron chi connectivity index (χ0n) is 10.7. The number of anilines is 1. The van der Waals surface area contributed by atoms with Crippen molar-refractivity contribution in [2.45, 2.75) is 6.92 Å². The number of aryl methyl sites for hydroxylation is 1. The SMILES string of the molecule is Cc1ccc(-c2nc(-c3ncccc3Cl)no2)cc1N. The summed E-state index contributed by atoms with van der Waals surface area (Å²) in [5.41, 5.74) is 8.81. The maximum absolute atomic E-state index is 6.06. The predicted octanol–water partition coefficient (Wildman–Crippen LogP) is 3.34. The number of rotatable bonds is 2. The second-order valence-electron chi connectivity index (χ2n) is 4.33. The van der Waals surface area contributed by atoms with Crippen molar-refractivity contribution in [3.63, 3.8) is 0 Å². The first-order chi connectivity index (χ1) is 9.65. The summed E-state index contributed by atoms with van der Waals surface area (Å²) in [6.07, 6.45) is 1.63. The average molecular weight is 287 g/mol. The molecule has 2 N–H and O–H groups in total. The molecule has 0 radical (unpaired) electrons. The Kier molecular flexibility index (Phi) is 3.12. The first-order valence-electron chi connectivity index (χ1n) is 5.96. The van der Waals surface area contributed by atoms with Gasteiger partial charge < -0.3 is 10.3 Å². The maximum Gasteiger partial charge on any atom is 0.258 e. The van der Waals surface area contributed by atoms with E-state index in [0.29, 0.717) is 28.1 Å². The molecule has 0 spiro atoms. The molecule has 0 saturated carbocycles. The fourth-order valence-electron chi connectivity index (χ4n) is 1.76. The number of hydrogen-bond donors (Lipinski definition) is 1. The quantitative estimate of drug-likeness (QED) is 0.731. The zero-order valence-corrected chi connectivity index (χ0v) is 11.4. The largest absolute Gasteiger partial charge is 0.398 e. The van der Waals surface area contributed by atoms with Crippen LogP contribution in [0.2, 0.25) is 5.02 Å². The molecule has 0 atom stereocenters. The van der Waals surface area contributed by atoms with Crippen LogP contribution >= 0.6 is 11.6 Å². The second kappa shape index (κ2) is 4.94. The molecule has 0 aliphatic heterocycles. The first kappa shape index (κ1) is 12.6. The summed E-state index contributed by atoms with van der Waals surface area (Å²) in [7, 11) is 0. The van der Waals surface area contributed by atoms with Gasteiger partial charge in [-0.1, -0.05) is 22.8 Å². The maximum atomic E-state index is 6.06. The lowest BCUT2D eigenvalue weighted by Gasteiger charge is -2.00. The molecular formula is C14H11ClN4O. The Labute approximate surface area is 120 Å². The van der Waals surface area contributed by atoms with E-state index in [-0.39, 0.29) is 0 Å². The Morgan fingerprint density at radius 3 is 2.85 bits per heavy atom. The Bertz CT molecular complexity index is 769. The van der Waals surface area contributed by atoms with Crippen LogP contribution in [0.15, 0.2) is 41.1 Å². The van der Waals surface area contributed by atoms with Gasteiger partial charge in [0.25, 0.3) is 5.89 Å². The van der Waals surface area contributed by atoms with E-state index >= 15 is 0 Å². The number of nitrogen functional groups attached to an aromatic ring is 1. The predicted molar refractivity (Wildman–Crippen MR) is 77.1 cm³/mol. The summed E-state index contributed by atoms with van der Waals surface area (Å²) in [6, 6.07) is 9.05. The molecule has 0 aliphatic carbocycles. The van der Waals surface area contributed by atoms with E-state index in [1.807, 2.05) is 19.1 Å². The van der Waals surface area contributed by atoms with Gasteiger partial charge in [-0.25, -0.2) is 0 Å². The highest BCUT2D eigenvalue weighted by atomic mass is 35.5. The number of benzene rings is 1. The van der Waals surface area contributed by atoms with Crippen LogP contribution in [0.4, 0.5) is 5.69 Å². The van der Waals surface area contributed by atoms with Gasteiger partial charge in [-0.05, 0) is 36.8 Å². The molecule has 6 heteroatoms. The Balaban J connectivity index is 2.02. The Morgan fingerprint density at radius 1 is 1.25 bits per heavy atom. The topological polar surface area (TPSA) is 77.8 Å². The van der Waals surface area contributed by atoms with Crippen molar-refractivity contribution in [3.8, 4) is 23.0 Å². The monoisotopic (exact) mass is 286 g/mol. The lowest BCUT2D eigenvalue weighted by Crippen LogP contribution is -1.90. The van der Waals surface area contributed by atoms with Crippen LogP contribution < -0.4 is 5.73 Å². The van der Waals surface area contributed by atoms with E-state index in [9.17, 15) is 0 Å². The summed E-state index contributed by atoms with van der Waals surface area (Å²) < 4.78 is 5.24. The normalized spacial score (nSPS) is 10.7. The molecule has 2 aromatic heterocycles. The Morgan fingerprint density at radius 2 is 2.10 bits per heavy atom. The number of pyridine rings is 1. The van der Waals surface area contributed by atoms with Crippen LogP contribution in [-0.4, -0.2) is 15.1 Å².